The molecule has 0 saturated heterocycles. The van der Waals surface area contributed by atoms with Gasteiger partial charge in [-0.25, -0.2) is 15.2 Å². The van der Waals surface area contributed by atoms with Crippen molar-refractivity contribution in [1.82, 2.24) is 15.8 Å². The first-order chi connectivity index (χ1) is 7.38. The van der Waals surface area contributed by atoms with E-state index in [9.17, 15) is 4.79 Å². The molecule has 0 saturated carbocycles. The number of hydrogen-bond acceptors (Lipinski definition) is 5. The number of nitrogens with one attached hydrogen (secondary N) is 2. The standard InChI is InChI=1S/C10H17N3O2S/c1-7(8-5-16-6-11-8)12-13-9(14)15-10(2,3)4/h5-7,12H,1-4H3,(H,13,14). The van der Waals surface area contributed by atoms with Crippen LogP contribution in [0.15, 0.2) is 10.9 Å². The van der Waals surface area contributed by atoms with Gasteiger partial charge in [0.25, 0.3) is 0 Å². The zero-order chi connectivity index (χ0) is 12.2. The van der Waals surface area contributed by atoms with Crippen molar-refractivity contribution in [3.05, 3.63) is 16.6 Å². The summed E-state index contributed by atoms with van der Waals surface area (Å²) in [7, 11) is 0. The van der Waals surface area contributed by atoms with Gasteiger partial charge in [-0.3, -0.25) is 5.43 Å². The minimum absolute atomic E-state index is 0.0428. The number of aromatic nitrogens is 1. The summed E-state index contributed by atoms with van der Waals surface area (Å²) in [6.45, 7) is 7.36. The van der Waals surface area contributed by atoms with E-state index in [0.717, 1.165) is 5.69 Å². The van der Waals surface area contributed by atoms with Gasteiger partial charge in [-0.2, -0.15) is 0 Å². The first-order valence-corrected chi connectivity index (χ1v) is 5.95. The molecular weight excluding hydrogens is 226 g/mol. The van der Waals surface area contributed by atoms with Crippen molar-refractivity contribution >= 4 is 17.4 Å². The van der Waals surface area contributed by atoms with Crippen LogP contribution in [0.3, 0.4) is 0 Å². The number of nitrogens with zero attached hydrogens (tertiary/aromatic N) is 1. The average Bonchev–Trinajstić information content (AvgIpc) is 2.64. The molecule has 1 aromatic rings. The van der Waals surface area contributed by atoms with Crippen LogP contribution in [0, 0.1) is 0 Å². The van der Waals surface area contributed by atoms with Gasteiger partial charge in [0.05, 0.1) is 17.2 Å². The fourth-order valence-corrected chi connectivity index (χ4v) is 1.63. The molecule has 1 rings (SSSR count). The Hall–Kier alpha value is -1.14. The molecule has 0 spiro atoms. The van der Waals surface area contributed by atoms with Gasteiger partial charge in [-0.15, -0.1) is 11.3 Å². The van der Waals surface area contributed by atoms with Crippen molar-refractivity contribution in [1.29, 1.82) is 0 Å². The Kier molecular flexibility index (Phi) is 4.26. The molecule has 0 aromatic carbocycles. The molecule has 90 valence electrons. The molecule has 0 bridgehead atoms. The largest absolute Gasteiger partial charge is 0.443 e. The van der Waals surface area contributed by atoms with Gasteiger partial charge in [-0.1, -0.05) is 0 Å². The lowest BCUT2D eigenvalue weighted by molar-refractivity contribution is 0.0489. The lowest BCUT2D eigenvalue weighted by Crippen LogP contribution is -2.42. The SMILES string of the molecule is CC(NNC(=O)OC(C)(C)C)c1cscn1. The van der Waals surface area contributed by atoms with E-state index in [-0.39, 0.29) is 6.04 Å². The van der Waals surface area contributed by atoms with Gasteiger partial charge >= 0.3 is 6.09 Å². The molecule has 0 fully saturated rings. The molecule has 5 nitrogen and oxygen atoms in total. The van der Waals surface area contributed by atoms with Crippen molar-refractivity contribution in [3.63, 3.8) is 0 Å². The van der Waals surface area contributed by atoms with Gasteiger partial charge < -0.3 is 4.74 Å². The minimum Gasteiger partial charge on any atom is -0.443 e. The van der Waals surface area contributed by atoms with Gasteiger partial charge in [0.1, 0.15) is 5.60 Å². The van der Waals surface area contributed by atoms with E-state index in [1.807, 2.05) is 33.1 Å². The first kappa shape index (κ1) is 12.9. The normalized spacial score (nSPS) is 13.2. The molecular formula is C10H17N3O2S. The summed E-state index contributed by atoms with van der Waals surface area (Å²) in [5.41, 5.74) is 7.46. The van der Waals surface area contributed by atoms with Crippen LogP contribution < -0.4 is 10.9 Å². The highest BCUT2D eigenvalue weighted by Crippen LogP contribution is 2.11. The highest BCUT2D eigenvalue weighted by molar-refractivity contribution is 7.07. The molecule has 1 heterocycles. The Balaban J connectivity index is 2.32. The molecule has 1 aromatic heterocycles. The predicted octanol–water partition coefficient (Wildman–Crippen LogP) is 2.23. The molecule has 6 heteroatoms. The van der Waals surface area contributed by atoms with Crippen LogP contribution in [-0.4, -0.2) is 16.7 Å². The third-order valence-electron chi connectivity index (χ3n) is 1.68. The van der Waals surface area contributed by atoms with E-state index in [4.69, 9.17) is 4.74 Å². The van der Waals surface area contributed by atoms with E-state index in [2.05, 4.69) is 15.8 Å². The molecule has 16 heavy (non-hydrogen) atoms. The number of amides is 1. The van der Waals surface area contributed by atoms with E-state index in [1.54, 1.807) is 5.51 Å². The third kappa shape index (κ3) is 4.59. The van der Waals surface area contributed by atoms with Gasteiger partial charge in [0, 0.05) is 5.38 Å². The van der Waals surface area contributed by atoms with E-state index in [1.165, 1.54) is 11.3 Å². The Labute approximate surface area is 99.2 Å². The number of rotatable bonds is 3. The molecule has 0 aliphatic rings. The van der Waals surface area contributed by atoms with Gasteiger partial charge in [0.2, 0.25) is 0 Å². The summed E-state index contributed by atoms with van der Waals surface area (Å²) in [4.78, 5) is 15.5. The number of hydrogen-bond donors (Lipinski definition) is 2. The number of carbonyl (C=O) groups excluding carboxylic acids is 1. The highest BCUT2D eigenvalue weighted by Gasteiger charge is 2.16. The highest BCUT2D eigenvalue weighted by atomic mass is 32.1. The topological polar surface area (TPSA) is 63.2 Å². The molecule has 2 N–H and O–H groups in total. The summed E-state index contributed by atoms with van der Waals surface area (Å²) in [5, 5.41) is 1.93. The molecule has 0 aliphatic heterocycles. The molecule has 1 amide bonds. The third-order valence-corrected chi connectivity index (χ3v) is 2.29. The summed E-state index contributed by atoms with van der Waals surface area (Å²) in [6, 6.07) is -0.0428. The first-order valence-electron chi connectivity index (χ1n) is 5.01. The Morgan fingerprint density at radius 2 is 2.25 bits per heavy atom. The van der Waals surface area contributed by atoms with Gasteiger partial charge in [0.15, 0.2) is 0 Å². The van der Waals surface area contributed by atoms with Crippen LogP contribution in [-0.2, 0) is 4.74 Å². The molecule has 1 atom stereocenters. The lowest BCUT2D eigenvalue weighted by atomic mass is 10.2. The molecule has 0 aliphatic carbocycles. The van der Waals surface area contributed by atoms with E-state index >= 15 is 0 Å². The second-order valence-corrected chi connectivity index (χ2v) is 5.12. The van der Waals surface area contributed by atoms with Crippen LogP contribution in [0.1, 0.15) is 39.4 Å². The summed E-state index contributed by atoms with van der Waals surface area (Å²) >= 11 is 1.52. The molecule has 0 radical (unpaired) electrons. The van der Waals surface area contributed by atoms with E-state index in [0.29, 0.717) is 0 Å². The van der Waals surface area contributed by atoms with Crippen LogP contribution in [0.4, 0.5) is 4.79 Å². The zero-order valence-electron chi connectivity index (χ0n) is 9.90. The second kappa shape index (κ2) is 5.27. The Morgan fingerprint density at radius 1 is 1.56 bits per heavy atom. The average molecular weight is 243 g/mol. The minimum atomic E-state index is -0.491. The quantitative estimate of drug-likeness (QED) is 0.799. The lowest BCUT2D eigenvalue weighted by Gasteiger charge is -2.20. The summed E-state index contributed by atoms with van der Waals surface area (Å²) in [6.07, 6.45) is -0.491. The number of ether oxygens (including phenoxy) is 1. The maximum atomic E-state index is 11.3. The number of carbonyl (C=O) groups is 1. The number of hydrazine groups is 1. The van der Waals surface area contributed by atoms with Crippen molar-refractivity contribution < 1.29 is 9.53 Å². The maximum absolute atomic E-state index is 11.3. The van der Waals surface area contributed by atoms with Crippen LogP contribution in [0.5, 0.6) is 0 Å². The fourth-order valence-electron chi connectivity index (χ4n) is 0.980. The van der Waals surface area contributed by atoms with E-state index < -0.39 is 11.7 Å². The van der Waals surface area contributed by atoms with Gasteiger partial charge in [-0.05, 0) is 27.7 Å². The fraction of sp³-hybridized carbons (Fsp3) is 0.600. The monoisotopic (exact) mass is 243 g/mol. The van der Waals surface area contributed by atoms with Crippen molar-refractivity contribution in [2.24, 2.45) is 0 Å². The zero-order valence-corrected chi connectivity index (χ0v) is 10.7. The predicted molar refractivity (Wildman–Crippen MR) is 63.0 cm³/mol. The van der Waals surface area contributed by atoms with Crippen molar-refractivity contribution in [3.8, 4) is 0 Å². The summed E-state index contributed by atoms with van der Waals surface area (Å²) < 4.78 is 5.08. The van der Waals surface area contributed by atoms with Crippen LogP contribution >= 0.6 is 11.3 Å². The van der Waals surface area contributed by atoms with Crippen molar-refractivity contribution in [2.45, 2.75) is 39.3 Å². The summed E-state index contributed by atoms with van der Waals surface area (Å²) in [5.74, 6) is 0. The molecule has 1 unspecified atom stereocenters. The van der Waals surface area contributed by atoms with Crippen LogP contribution in [0.2, 0.25) is 0 Å². The number of thiazole rings is 1. The Morgan fingerprint density at radius 3 is 2.75 bits per heavy atom. The second-order valence-electron chi connectivity index (χ2n) is 4.41. The maximum Gasteiger partial charge on any atom is 0.422 e. The smallest absolute Gasteiger partial charge is 0.422 e. The Bertz CT molecular complexity index is 332. The van der Waals surface area contributed by atoms with Crippen LogP contribution in [0.25, 0.3) is 0 Å². The van der Waals surface area contributed by atoms with Crippen molar-refractivity contribution in [2.75, 3.05) is 0 Å².